The van der Waals surface area contributed by atoms with Crippen molar-refractivity contribution in [2.24, 2.45) is 5.18 Å². The van der Waals surface area contributed by atoms with E-state index in [-0.39, 0.29) is 12.5 Å². The van der Waals surface area contributed by atoms with Gasteiger partial charge in [0.25, 0.3) is 0 Å². The van der Waals surface area contributed by atoms with Crippen LogP contribution >= 0.6 is 0 Å². The van der Waals surface area contributed by atoms with Gasteiger partial charge >= 0.3 is 0 Å². The maximum atomic E-state index is 14.1. The largest absolute Gasteiger partial charge is 0.505 e. The van der Waals surface area contributed by atoms with Gasteiger partial charge in [-0.3, -0.25) is 4.79 Å². The number of halogens is 1. The second-order valence-corrected chi connectivity index (χ2v) is 6.96. The van der Waals surface area contributed by atoms with Crippen LogP contribution < -0.4 is 5.32 Å². The van der Waals surface area contributed by atoms with Gasteiger partial charge in [0.2, 0.25) is 5.91 Å². The van der Waals surface area contributed by atoms with Crippen molar-refractivity contribution in [2.45, 2.75) is 12.5 Å². The lowest BCUT2D eigenvalue weighted by atomic mass is 9.85. The molecule has 0 saturated carbocycles. The van der Waals surface area contributed by atoms with Gasteiger partial charge in [-0.1, -0.05) is 29.4 Å². The second-order valence-electron chi connectivity index (χ2n) is 6.96. The lowest BCUT2D eigenvalue weighted by Crippen LogP contribution is -2.24. The number of nitroso groups, excluding NO2 is 1. The molecule has 0 saturated heterocycles. The highest BCUT2D eigenvalue weighted by Gasteiger charge is 2.32. The van der Waals surface area contributed by atoms with Crippen molar-refractivity contribution < 1.29 is 14.3 Å². The fourth-order valence-corrected chi connectivity index (χ4v) is 3.95. The number of aromatic nitrogens is 3. The molecule has 30 heavy (non-hydrogen) atoms. The number of carbonyl (C=O) groups is 1. The number of rotatable bonds is 3. The molecule has 2 aromatic carbocycles. The predicted molar refractivity (Wildman–Crippen MR) is 107 cm³/mol. The van der Waals surface area contributed by atoms with Gasteiger partial charge in [-0.05, 0) is 29.3 Å². The Balaban J connectivity index is 1.88. The predicted octanol–water partition coefficient (Wildman–Crippen LogP) is 3.82. The van der Waals surface area contributed by atoms with E-state index in [2.05, 4.69) is 25.7 Å². The van der Waals surface area contributed by atoms with Crippen molar-refractivity contribution in [3.8, 4) is 16.9 Å². The van der Waals surface area contributed by atoms with E-state index >= 15 is 0 Å². The topological polar surface area (TPSA) is 120 Å². The van der Waals surface area contributed by atoms with Gasteiger partial charge in [0.1, 0.15) is 6.54 Å². The Morgan fingerprint density at radius 3 is 2.80 bits per heavy atom. The molecule has 9 heteroatoms. The number of phenols is 1. The molecule has 1 amide bonds. The summed E-state index contributed by atoms with van der Waals surface area (Å²) in [5, 5.41) is 24.3. The number of anilines is 1. The number of aromatic amines is 1. The molecule has 1 atom stereocenters. The molecule has 5 rings (SSSR count). The fraction of sp³-hybridized carbons (Fsp3) is 0.0952. The highest BCUT2D eigenvalue weighted by Crippen LogP contribution is 2.43. The maximum absolute atomic E-state index is 14.1. The first-order chi connectivity index (χ1) is 14.6. The minimum absolute atomic E-state index is 0.191. The number of nitrogens with one attached hydrogen (secondary N) is 2. The molecule has 0 aliphatic carbocycles. The molecular formula is C21H14FN5O3. The molecule has 148 valence electrons. The van der Waals surface area contributed by atoms with Gasteiger partial charge in [-0.2, -0.15) is 10.0 Å². The molecule has 0 bridgehead atoms. The summed E-state index contributed by atoms with van der Waals surface area (Å²) in [6, 6.07) is 11.0. The van der Waals surface area contributed by atoms with Crippen molar-refractivity contribution in [1.82, 2.24) is 15.2 Å². The molecule has 1 aliphatic heterocycles. The van der Waals surface area contributed by atoms with Gasteiger partial charge in [0.05, 0.1) is 11.6 Å². The normalized spacial score (nSPS) is 15.2. The van der Waals surface area contributed by atoms with Gasteiger partial charge < -0.3 is 15.4 Å². The summed E-state index contributed by atoms with van der Waals surface area (Å²) in [4.78, 5) is 27.3. The quantitative estimate of drug-likeness (QED) is 0.449. The van der Waals surface area contributed by atoms with Crippen LogP contribution in [0.15, 0.2) is 53.8 Å². The van der Waals surface area contributed by atoms with Crippen molar-refractivity contribution in [2.75, 3.05) is 5.32 Å². The van der Waals surface area contributed by atoms with Crippen LogP contribution in [0, 0.1) is 10.7 Å². The van der Waals surface area contributed by atoms with E-state index in [1.165, 1.54) is 12.1 Å². The van der Waals surface area contributed by atoms with Gasteiger partial charge in [0.15, 0.2) is 17.2 Å². The summed E-state index contributed by atoms with van der Waals surface area (Å²) < 4.78 is 14.1. The van der Waals surface area contributed by atoms with Crippen LogP contribution in [0.2, 0.25) is 0 Å². The third-order valence-corrected chi connectivity index (χ3v) is 5.25. The zero-order valence-electron chi connectivity index (χ0n) is 15.4. The number of H-pyrrole nitrogens is 1. The molecule has 2 aromatic heterocycles. The van der Waals surface area contributed by atoms with Crippen LogP contribution in [0.25, 0.3) is 22.2 Å². The van der Waals surface area contributed by atoms with E-state index in [4.69, 9.17) is 0 Å². The van der Waals surface area contributed by atoms with E-state index in [1.807, 2.05) is 12.1 Å². The fourth-order valence-electron chi connectivity index (χ4n) is 3.95. The van der Waals surface area contributed by atoms with Crippen LogP contribution in [0.5, 0.6) is 5.75 Å². The van der Waals surface area contributed by atoms with Crippen molar-refractivity contribution in [1.29, 1.82) is 0 Å². The molecule has 4 aromatic rings. The summed E-state index contributed by atoms with van der Waals surface area (Å²) in [6.07, 6.45) is 1.63. The van der Waals surface area contributed by atoms with E-state index in [0.29, 0.717) is 44.7 Å². The maximum Gasteiger partial charge on any atom is 0.236 e. The summed E-state index contributed by atoms with van der Waals surface area (Å²) in [7, 11) is 0. The minimum atomic E-state index is -0.887. The summed E-state index contributed by atoms with van der Waals surface area (Å²) in [5.41, 5.74) is 3.57. The number of benzene rings is 2. The number of aromatic hydroxyl groups is 1. The molecule has 1 unspecified atom stereocenters. The van der Waals surface area contributed by atoms with Crippen LogP contribution in [0.3, 0.4) is 0 Å². The van der Waals surface area contributed by atoms with Crippen molar-refractivity contribution >= 4 is 22.6 Å². The standard InChI is InChI=1S/C21H14FN5O3/c22-13-7-10(5-6-16(13)28)17-12-8-23-20-19(12)18(15(9-24-30)26-27-20)11-3-1-2-4-14(11)25-21(17)29/h1-8,17,28H,9H2,(H,23,27)(H,25,29). The number of amides is 1. The van der Waals surface area contributed by atoms with E-state index in [1.54, 1.807) is 18.3 Å². The lowest BCUT2D eigenvalue weighted by molar-refractivity contribution is -0.116. The average Bonchev–Trinajstić information content (AvgIpc) is 3.14. The number of phenolic OH excluding ortho intramolecular Hbond substituents is 1. The monoisotopic (exact) mass is 403 g/mol. The van der Waals surface area contributed by atoms with Crippen LogP contribution in [0.1, 0.15) is 22.7 Å². The molecule has 0 radical (unpaired) electrons. The molecule has 3 heterocycles. The lowest BCUT2D eigenvalue weighted by Gasteiger charge is -2.23. The van der Waals surface area contributed by atoms with E-state index in [9.17, 15) is 19.2 Å². The minimum Gasteiger partial charge on any atom is -0.505 e. The Morgan fingerprint density at radius 1 is 1.17 bits per heavy atom. The molecular weight excluding hydrogens is 389 g/mol. The van der Waals surface area contributed by atoms with Crippen LogP contribution in [-0.2, 0) is 11.3 Å². The SMILES string of the molecule is O=NCc1nnc2[nH]cc3c2c1-c1ccccc1NC(=O)C3c1ccc(O)c(F)c1. The smallest absolute Gasteiger partial charge is 0.236 e. The Hall–Kier alpha value is -4.14. The van der Waals surface area contributed by atoms with E-state index < -0.39 is 17.5 Å². The third-order valence-electron chi connectivity index (χ3n) is 5.25. The number of nitrogens with zero attached hydrogens (tertiary/aromatic N) is 3. The average molecular weight is 403 g/mol. The van der Waals surface area contributed by atoms with Gasteiger partial charge in [-0.25, -0.2) is 4.39 Å². The first kappa shape index (κ1) is 17.9. The highest BCUT2D eigenvalue weighted by molar-refractivity contribution is 6.10. The van der Waals surface area contributed by atoms with Gasteiger partial charge in [-0.15, -0.1) is 5.10 Å². The summed E-state index contributed by atoms with van der Waals surface area (Å²) >= 11 is 0. The van der Waals surface area contributed by atoms with Gasteiger partial charge in [0, 0.05) is 28.4 Å². The highest BCUT2D eigenvalue weighted by atomic mass is 19.1. The molecule has 8 nitrogen and oxygen atoms in total. The van der Waals surface area contributed by atoms with Crippen LogP contribution in [0.4, 0.5) is 10.1 Å². The van der Waals surface area contributed by atoms with Crippen molar-refractivity contribution in [3.05, 3.63) is 76.2 Å². The Bertz CT molecular complexity index is 1330. The van der Waals surface area contributed by atoms with Crippen LogP contribution in [-0.4, -0.2) is 26.2 Å². The number of hydrogen-bond acceptors (Lipinski definition) is 6. The number of hydrogen-bond donors (Lipinski definition) is 3. The second kappa shape index (κ2) is 6.73. The first-order valence-corrected chi connectivity index (χ1v) is 9.13. The Kier molecular flexibility index (Phi) is 4.02. The van der Waals surface area contributed by atoms with E-state index in [0.717, 1.165) is 6.07 Å². The Labute approximate surface area is 168 Å². The molecule has 0 fully saturated rings. The van der Waals surface area contributed by atoms with Crippen molar-refractivity contribution in [3.63, 3.8) is 0 Å². The molecule has 0 spiro atoms. The first-order valence-electron chi connectivity index (χ1n) is 9.13. The summed E-state index contributed by atoms with van der Waals surface area (Å²) in [6.45, 7) is -0.191. The molecule has 1 aliphatic rings. The summed E-state index contributed by atoms with van der Waals surface area (Å²) in [5.74, 6) is -2.58. The zero-order chi connectivity index (χ0) is 20.8. The third kappa shape index (κ3) is 2.63. The zero-order valence-corrected chi connectivity index (χ0v) is 15.4. The number of fused-ring (bicyclic) bond motifs is 2. The number of carbonyl (C=O) groups excluding carboxylic acids is 1. The number of para-hydroxylation sites is 1. The Morgan fingerprint density at radius 2 is 2.00 bits per heavy atom. The molecule has 3 N–H and O–H groups in total.